The summed E-state index contributed by atoms with van der Waals surface area (Å²) < 4.78 is 0. The second kappa shape index (κ2) is 5.38. The van der Waals surface area contributed by atoms with Gasteiger partial charge in [0.1, 0.15) is 0 Å². The Morgan fingerprint density at radius 2 is 2.06 bits per heavy atom. The van der Waals surface area contributed by atoms with Crippen molar-refractivity contribution < 1.29 is 9.90 Å². The second-order valence-electron chi connectivity index (χ2n) is 6.28. The minimum Gasteiger partial charge on any atom is -0.481 e. The molecule has 1 aliphatic carbocycles. The van der Waals surface area contributed by atoms with E-state index in [9.17, 15) is 4.79 Å². The Balaban J connectivity index is 2.87. The number of hydrogen-bond acceptors (Lipinski definition) is 2. The van der Waals surface area contributed by atoms with Crippen LogP contribution in [0.2, 0.25) is 0 Å². The first kappa shape index (κ1) is 14.5. The van der Waals surface area contributed by atoms with E-state index >= 15 is 0 Å². The Kier molecular flexibility index (Phi) is 4.59. The van der Waals surface area contributed by atoms with Crippen molar-refractivity contribution in [1.82, 2.24) is 0 Å². The summed E-state index contributed by atoms with van der Waals surface area (Å²) in [6.07, 6.45) is 6.81. The highest BCUT2D eigenvalue weighted by molar-refractivity contribution is 5.68. The van der Waals surface area contributed by atoms with Crippen molar-refractivity contribution in [3.05, 3.63) is 0 Å². The third-order valence-corrected chi connectivity index (χ3v) is 4.73. The van der Waals surface area contributed by atoms with Gasteiger partial charge in [0.15, 0.2) is 0 Å². The van der Waals surface area contributed by atoms with Crippen LogP contribution in [0.5, 0.6) is 0 Å². The maximum atomic E-state index is 11.1. The number of nitrogens with two attached hydrogens (primary N) is 1. The van der Waals surface area contributed by atoms with Crippen LogP contribution in [0.4, 0.5) is 0 Å². The van der Waals surface area contributed by atoms with E-state index < -0.39 is 11.5 Å². The summed E-state index contributed by atoms with van der Waals surface area (Å²) in [6, 6.07) is 0. The number of aliphatic carboxylic acids is 1. The molecule has 0 amide bonds. The standard InChI is InChI=1S/C14H27NO2/c1-4-11-6-5-8-14(9-7-11,10-12(16)17)13(2,3)15/h11H,4-10,15H2,1-3H3,(H,16,17). The summed E-state index contributed by atoms with van der Waals surface area (Å²) in [6.45, 7) is 6.20. The fourth-order valence-electron chi connectivity index (χ4n) is 3.23. The van der Waals surface area contributed by atoms with Gasteiger partial charge in [-0.15, -0.1) is 0 Å². The van der Waals surface area contributed by atoms with E-state index in [1.165, 1.54) is 12.8 Å². The molecule has 100 valence electrons. The van der Waals surface area contributed by atoms with Crippen molar-refractivity contribution in [2.45, 2.75) is 71.3 Å². The van der Waals surface area contributed by atoms with Gasteiger partial charge in [-0.2, -0.15) is 0 Å². The van der Waals surface area contributed by atoms with Gasteiger partial charge >= 0.3 is 5.97 Å². The SMILES string of the molecule is CCC1CCCC(CC(=O)O)(C(C)(C)N)CC1. The van der Waals surface area contributed by atoms with Crippen LogP contribution in [0.3, 0.4) is 0 Å². The molecule has 0 aromatic rings. The lowest BCUT2D eigenvalue weighted by molar-refractivity contribution is -0.141. The van der Waals surface area contributed by atoms with Crippen LogP contribution in [0.25, 0.3) is 0 Å². The fraction of sp³-hybridized carbons (Fsp3) is 0.929. The van der Waals surface area contributed by atoms with Gasteiger partial charge in [-0.3, -0.25) is 4.79 Å². The zero-order chi connectivity index (χ0) is 13.1. The lowest BCUT2D eigenvalue weighted by atomic mass is 9.65. The average Bonchev–Trinajstić information content (AvgIpc) is 2.39. The quantitative estimate of drug-likeness (QED) is 0.743. The summed E-state index contributed by atoms with van der Waals surface area (Å²) in [5.74, 6) is 0.0477. The van der Waals surface area contributed by atoms with Crippen LogP contribution in [0.1, 0.15) is 65.7 Å². The van der Waals surface area contributed by atoms with E-state index in [1.807, 2.05) is 13.8 Å². The molecular weight excluding hydrogens is 214 g/mol. The Morgan fingerprint density at radius 1 is 1.41 bits per heavy atom. The van der Waals surface area contributed by atoms with Crippen molar-refractivity contribution in [3.8, 4) is 0 Å². The first-order valence-corrected chi connectivity index (χ1v) is 6.81. The molecular formula is C14H27NO2. The Labute approximate surface area is 105 Å². The van der Waals surface area contributed by atoms with E-state index in [0.717, 1.165) is 31.6 Å². The minimum absolute atomic E-state index is 0.215. The van der Waals surface area contributed by atoms with Gasteiger partial charge in [0.25, 0.3) is 0 Å². The number of hydrogen-bond donors (Lipinski definition) is 2. The zero-order valence-electron chi connectivity index (χ0n) is 11.5. The number of carboxylic acids is 1. The van der Waals surface area contributed by atoms with Crippen LogP contribution < -0.4 is 5.73 Å². The maximum Gasteiger partial charge on any atom is 0.303 e. The molecule has 0 saturated heterocycles. The second-order valence-corrected chi connectivity index (χ2v) is 6.28. The van der Waals surface area contributed by atoms with E-state index in [0.29, 0.717) is 0 Å². The van der Waals surface area contributed by atoms with Gasteiger partial charge in [-0.1, -0.05) is 26.2 Å². The first-order chi connectivity index (χ1) is 7.81. The topological polar surface area (TPSA) is 63.3 Å². The molecule has 3 N–H and O–H groups in total. The molecule has 2 unspecified atom stereocenters. The Hall–Kier alpha value is -0.570. The summed E-state index contributed by atoms with van der Waals surface area (Å²) >= 11 is 0. The van der Waals surface area contributed by atoms with Crippen LogP contribution in [-0.4, -0.2) is 16.6 Å². The minimum atomic E-state index is -0.710. The molecule has 0 spiro atoms. The molecule has 1 fully saturated rings. The molecule has 0 aliphatic heterocycles. The molecule has 0 aromatic carbocycles. The van der Waals surface area contributed by atoms with Gasteiger partial charge in [0.2, 0.25) is 0 Å². The number of carbonyl (C=O) groups is 1. The monoisotopic (exact) mass is 241 g/mol. The lowest BCUT2D eigenvalue weighted by Crippen LogP contribution is -2.51. The zero-order valence-corrected chi connectivity index (χ0v) is 11.5. The van der Waals surface area contributed by atoms with Gasteiger partial charge < -0.3 is 10.8 Å². The van der Waals surface area contributed by atoms with E-state index in [-0.39, 0.29) is 11.8 Å². The molecule has 3 heteroatoms. The molecule has 3 nitrogen and oxygen atoms in total. The smallest absolute Gasteiger partial charge is 0.303 e. The first-order valence-electron chi connectivity index (χ1n) is 6.81. The number of rotatable bonds is 4. The van der Waals surface area contributed by atoms with Crippen LogP contribution in [0, 0.1) is 11.3 Å². The largest absolute Gasteiger partial charge is 0.481 e. The highest BCUT2D eigenvalue weighted by Crippen LogP contribution is 2.46. The van der Waals surface area contributed by atoms with Gasteiger partial charge in [-0.25, -0.2) is 0 Å². The van der Waals surface area contributed by atoms with E-state index in [1.54, 1.807) is 0 Å². The van der Waals surface area contributed by atoms with Gasteiger partial charge in [-0.05, 0) is 44.4 Å². The summed E-state index contributed by atoms with van der Waals surface area (Å²) in [5, 5.41) is 9.15. The number of carboxylic acid groups (broad SMARTS) is 1. The molecule has 0 radical (unpaired) electrons. The molecule has 0 bridgehead atoms. The molecule has 17 heavy (non-hydrogen) atoms. The van der Waals surface area contributed by atoms with Gasteiger partial charge in [0.05, 0.1) is 6.42 Å². The Bertz CT molecular complexity index is 270. The molecule has 1 saturated carbocycles. The fourth-order valence-corrected chi connectivity index (χ4v) is 3.23. The van der Waals surface area contributed by atoms with Crippen molar-refractivity contribution in [2.24, 2.45) is 17.1 Å². The van der Waals surface area contributed by atoms with Crippen molar-refractivity contribution in [3.63, 3.8) is 0 Å². The van der Waals surface area contributed by atoms with Crippen LogP contribution in [-0.2, 0) is 4.79 Å². The molecule has 0 heterocycles. The Morgan fingerprint density at radius 3 is 2.53 bits per heavy atom. The molecule has 1 aliphatic rings. The normalized spacial score (nSPS) is 30.9. The van der Waals surface area contributed by atoms with Crippen LogP contribution >= 0.6 is 0 Å². The third-order valence-electron chi connectivity index (χ3n) is 4.73. The predicted molar refractivity (Wildman–Crippen MR) is 69.8 cm³/mol. The molecule has 1 rings (SSSR count). The van der Waals surface area contributed by atoms with Crippen molar-refractivity contribution >= 4 is 5.97 Å². The van der Waals surface area contributed by atoms with Crippen molar-refractivity contribution in [2.75, 3.05) is 0 Å². The third kappa shape index (κ3) is 3.44. The van der Waals surface area contributed by atoms with E-state index in [4.69, 9.17) is 10.8 Å². The highest BCUT2D eigenvalue weighted by atomic mass is 16.4. The molecule has 2 atom stereocenters. The average molecular weight is 241 g/mol. The summed E-state index contributed by atoms with van der Waals surface area (Å²) in [7, 11) is 0. The maximum absolute atomic E-state index is 11.1. The predicted octanol–water partition coefficient (Wildman–Crippen LogP) is 3.18. The summed E-state index contributed by atoms with van der Waals surface area (Å²) in [5.41, 5.74) is 5.66. The molecule has 0 aromatic heterocycles. The lowest BCUT2D eigenvalue weighted by Gasteiger charge is -2.43. The van der Waals surface area contributed by atoms with E-state index in [2.05, 4.69) is 6.92 Å². The van der Waals surface area contributed by atoms with Crippen molar-refractivity contribution in [1.29, 1.82) is 0 Å². The highest BCUT2D eigenvalue weighted by Gasteiger charge is 2.44. The van der Waals surface area contributed by atoms with Gasteiger partial charge in [0, 0.05) is 5.54 Å². The van der Waals surface area contributed by atoms with Crippen LogP contribution in [0.15, 0.2) is 0 Å². The summed E-state index contributed by atoms with van der Waals surface area (Å²) in [4.78, 5) is 11.1.